The third-order valence-corrected chi connectivity index (χ3v) is 5.45. The van der Waals surface area contributed by atoms with Crippen molar-refractivity contribution in [3.05, 3.63) is 65.6 Å². The maximum atomic E-state index is 12.4. The molecule has 1 unspecified atom stereocenters. The van der Waals surface area contributed by atoms with Gasteiger partial charge in [-0.3, -0.25) is 4.79 Å². The molecular weight excluding hydrogens is 402 g/mol. The summed E-state index contributed by atoms with van der Waals surface area (Å²) in [4.78, 5) is 18.9. The molecule has 2 heterocycles. The molecule has 4 rings (SSSR count). The van der Waals surface area contributed by atoms with E-state index in [-0.39, 0.29) is 11.9 Å². The van der Waals surface area contributed by atoms with Gasteiger partial charge in [-0.05, 0) is 24.6 Å². The molecule has 1 aromatic heterocycles. The number of rotatable bonds is 7. The molecule has 0 radical (unpaired) electrons. The van der Waals surface area contributed by atoms with Gasteiger partial charge in [0.25, 0.3) is 0 Å². The number of aryl methyl sites for hydroxylation is 1. The number of nitrogens with one attached hydrogen (secondary N) is 1. The molecule has 156 valence electrons. The van der Waals surface area contributed by atoms with E-state index in [0.29, 0.717) is 29.5 Å². The predicted molar refractivity (Wildman–Crippen MR) is 117 cm³/mol. The molecule has 1 saturated heterocycles. The summed E-state index contributed by atoms with van der Waals surface area (Å²) in [5, 5.41) is 3.78. The first-order valence-corrected chi connectivity index (χ1v) is 10.4. The molecule has 1 fully saturated rings. The standard InChI is InChI=1S/C23H24ClN3O3/c1-29-20-8-7-17(24)13-19(20)27-12-11-18(15-27)26-22(28)9-10-23-25-14-21(30-23)16-5-3-2-4-6-16/h2-8,13-14,18H,9-12,15H2,1H3,(H,26,28). The van der Waals surface area contributed by atoms with Crippen LogP contribution in [0.4, 0.5) is 5.69 Å². The van der Waals surface area contributed by atoms with Crippen LogP contribution in [0.1, 0.15) is 18.7 Å². The molecule has 0 aliphatic carbocycles. The van der Waals surface area contributed by atoms with Crippen LogP contribution >= 0.6 is 11.6 Å². The second kappa shape index (κ2) is 9.22. The van der Waals surface area contributed by atoms with Crippen molar-refractivity contribution in [2.75, 3.05) is 25.1 Å². The first-order chi connectivity index (χ1) is 14.6. The number of aromatic nitrogens is 1. The lowest BCUT2D eigenvalue weighted by Crippen LogP contribution is -2.37. The minimum absolute atomic E-state index is 0.000583. The maximum Gasteiger partial charge on any atom is 0.220 e. The summed E-state index contributed by atoms with van der Waals surface area (Å²) in [6.45, 7) is 1.56. The fraction of sp³-hybridized carbons (Fsp3) is 0.304. The largest absolute Gasteiger partial charge is 0.495 e. The monoisotopic (exact) mass is 425 g/mol. The van der Waals surface area contributed by atoms with Crippen molar-refractivity contribution in [1.29, 1.82) is 0 Å². The second-order valence-corrected chi connectivity index (χ2v) is 7.74. The van der Waals surface area contributed by atoms with Gasteiger partial charge in [-0.1, -0.05) is 41.9 Å². The summed E-state index contributed by atoms with van der Waals surface area (Å²) < 4.78 is 11.2. The molecule has 1 atom stereocenters. The molecule has 2 aromatic carbocycles. The lowest BCUT2D eigenvalue weighted by Gasteiger charge is -2.21. The minimum Gasteiger partial charge on any atom is -0.495 e. The third-order valence-electron chi connectivity index (χ3n) is 5.21. The van der Waals surface area contributed by atoms with E-state index in [1.165, 1.54) is 0 Å². The summed E-state index contributed by atoms with van der Waals surface area (Å²) >= 11 is 6.15. The van der Waals surface area contributed by atoms with Crippen LogP contribution in [0.25, 0.3) is 11.3 Å². The Morgan fingerprint density at radius 3 is 2.93 bits per heavy atom. The molecule has 0 saturated carbocycles. The molecule has 0 bridgehead atoms. The van der Waals surface area contributed by atoms with E-state index in [2.05, 4.69) is 15.2 Å². The normalized spacial score (nSPS) is 15.9. The molecule has 30 heavy (non-hydrogen) atoms. The van der Waals surface area contributed by atoms with Gasteiger partial charge < -0.3 is 19.4 Å². The highest BCUT2D eigenvalue weighted by Crippen LogP contribution is 2.33. The van der Waals surface area contributed by atoms with Crippen LogP contribution in [0, 0.1) is 0 Å². The number of ether oxygens (including phenoxy) is 1. The SMILES string of the molecule is COc1ccc(Cl)cc1N1CCC(NC(=O)CCc2ncc(-c3ccccc3)o2)C1. The first kappa shape index (κ1) is 20.3. The van der Waals surface area contributed by atoms with Gasteiger partial charge in [0.1, 0.15) is 5.75 Å². The number of carbonyl (C=O) groups is 1. The molecule has 7 heteroatoms. The summed E-state index contributed by atoms with van der Waals surface area (Å²) in [6.07, 6.45) is 3.39. The van der Waals surface area contributed by atoms with Gasteiger partial charge in [0.2, 0.25) is 5.91 Å². The fourth-order valence-corrected chi connectivity index (χ4v) is 3.86. The zero-order valence-corrected chi connectivity index (χ0v) is 17.6. The summed E-state index contributed by atoms with van der Waals surface area (Å²) in [6, 6.07) is 15.5. The zero-order valence-electron chi connectivity index (χ0n) is 16.8. The van der Waals surface area contributed by atoms with Crippen LogP contribution < -0.4 is 15.0 Å². The van der Waals surface area contributed by atoms with E-state index in [0.717, 1.165) is 36.5 Å². The van der Waals surface area contributed by atoms with E-state index in [4.69, 9.17) is 20.8 Å². The number of amides is 1. The number of halogens is 1. The van der Waals surface area contributed by atoms with Crippen LogP contribution in [0.5, 0.6) is 5.75 Å². The highest BCUT2D eigenvalue weighted by molar-refractivity contribution is 6.30. The number of hydrogen-bond donors (Lipinski definition) is 1. The highest BCUT2D eigenvalue weighted by Gasteiger charge is 2.26. The molecule has 6 nitrogen and oxygen atoms in total. The van der Waals surface area contributed by atoms with Crippen molar-refractivity contribution >= 4 is 23.2 Å². The van der Waals surface area contributed by atoms with Gasteiger partial charge in [0.05, 0.1) is 19.0 Å². The molecule has 1 N–H and O–H groups in total. The van der Waals surface area contributed by atoms with Crippen LogP contribution in [0.3, 0.4) is 0 Å². The van der Waals surface area contributed by atoms with Crippen molar-refractivity contribution in [3.63, 3.8) is 0 Å². The third kappa shape index (κ3) is 4.76. The average molecular weight is 426 g/mol. The van der Waals surface area contributed by atoms with Gasteiger partial charge in [-0.2, -0.15) is 0 Å². The molecule has 3 aromatic rings. The minimum atomic E-state index is -0.000583. The van der Waals surface area contributed by atoms with Gasteiger partial charge in [-0.15, -0.1) is 0 Å². The van der Waals surface area contributed by atoms with Gasteiger partial charge >= 0.3 is 0 Å². The Kier molecular flexibility index (Phi) is 6.23. The number of nitrogens with zero attached hydrogens (tertiary/aromatic N) is 2. The van der Waals surface area contributed by atoms with Crippen molar-refractivity contribution in [2.45, 2.75) is 25.3 Å². The average Bonchev–Trinajstić information content (AvgIpc) is 3.43. The van der Waals surface area contributed by atoms with Crippen molar-refractivity contribution in [1.82, 2.24) is 10.3 Å². The Hall–Kier alpha value is -2.99. The lowest BCUT2D eigenvalue weighted by molar-refractivity contribution is -0.121. The van der Waals surface area contributed by atoms with Crippen molar-refractivity contribution in [2.24, 2.45) is 0 Å². The lowest BCUT2D eigenvalue weighted by atomic mass is 10.2. The number of methoxy groups -OCH3 is 1. The Bertz CT molecular complexity index is 1010. The molecule has 1 aliphatic rings. The van der Waals surface area contributed by atoms with Gasteiger partial charge in [0.15, 0.2) is 11.7 Å². The Morgan fingerprint density at radius 1 is 1.30 bits per heavy atom. The highest BCUT2D eigenvalue weighted by atomic mass is 35.5. The van der Waals surface area contributed by atoms with Gasteiger partial charge in [-0.25, -0.2) is 4.98 Å². The maximum absolute atomic E-state index is 12.4. The number of carbonyl (C=O) groups excluding carboxylic acids is 1. The first-order valence-electron chi connectivity index (χ1n) is 10.0. The Balaban J connectivity index is 1.28. The fourth-order valence-electron chi connectivity index (χ4n) is 3.69. The van der Waals surface area contributed by atoms with E-state index in [9.17, 15) is 4.79 Å². The predicted octanol–water partition coefficient (Wildman–Crippen LogP) is 4.33. The second-order valence-electron chi connectivity index (χ2n) is 7.30. The summed E-state index contributed by atoms with van der Waals surface area (Å²) in [7, 11) is 1.65. The summed E-state index contributed by atoms with van der Waals surface area (Å²) in [5.74, 6) is 2.07. The number of anilines is 1. The number of benzene rings is 2. The molecule has 1 aliphatic heterocycles. The van der Waals surface area contributed by atoms with Crippen molar-refractivity contribution < 1.29 is 13.9 Å². The van der Waals surface area contributed by atoms with Crippen LogP contribution in [-0.4, -0.2) is 37.1 Å². The van der Waals surface area contributed by atoms with Crippen LogP contribution in [0.2, 0.25) is 5.02 Å². The van der Waals surface area contributed by atoms with E-state index in [1.54, 1.807) is 13.3 Å². The number of hydrogen-bond acceptors (Lipinski definition) is 5. The Labute approximate surface area is 180 Å². The van der Waals surface area contributed by atoms with E-state index >= 15 is 0 Å². The van der Waals surface area contributed by atoms with E-state index in [1.807, 2.05) is 48.5 Å². The van der Waals surface area contributed by atoms with Crippen LogP contribution in [-0.2, 0) is 11.2 Å². The van der Waals surface area contributed by atoms with Gasteiger partial charge in [0, 0.05) is 42.6 Å². The zero-order chi connectivity index (χ0) is 20.9. The number of oxazole rings is 1. The molecule has 0 spiro atoms. The van der Waals surface area contributed by atoms with E-state index < -0.39 is 0 Å². The Morgan fingerprint density at radius 2 is 2.13 bits per heavy atom. The quantitative estimate of drug-likeness (QED) is 0.610. The topological polar surface area (TPSA) is 67.6 Å². The molecular formula is C23H24ClN3O3. The van der Waals surface area contributed by atoms with Crippen molar-refractivity contribution in [3.8, 4) is 17.1 Å². The van der Waals surface area contributed by atoms with Crippen LogP contribution in [0.15, 0.2) is 59.1 Å². The summed E-state index contributed by atoms with van der Waals surface area (Å²) in [5.41, 5.74) is 1.93. The molecule has 1 amide bonds. The smallest absolute Gasteiger partial charge is 0.220 e.